The highest BCUT2D eigenvalue weighted by Gasteiger charge is 2.25. The van der Waals surface area contributed by atoms with Gasteiger partial charge in [-0.3, -0.25) is 4.79 Å². The summed E-state index contributed by atoms with van der Waals surface area (Å²) < 4.78 is 27.3. The van der Waals surface area contributed by atoms with Crippen LogP contribution in [-0.2, 0) is 27.4 Å². The number of hydrogen-bond donors (Lipinski definition) is 1. The van der Waals surface area contributed by atoms with Crippen molar-refractivity contribution in [1.29, 1.82) is 5.26 Å². The van der Waals surface area contributed by atoms with Crippen LogP contribution in [0.4, 0.5) is 0 Å². The molecule has 3 aromatic carbocycles. The summed E-state index contributed by atoms with van der Waals surface area (Å²) >= 11 is 0. The van der Waals surface area contributed by atoms with Crippen molar-refractivity contribution >= 4 is 26.8 Å². The van der Waals surface area contributed by atoms with Crippen LogP contribution in [0.15, 0.2) is 78.9 Å². The van der Waals surface area contributed by atoms with Crippen molar-refractivity contribution in [3.8, 4) is 6.07 Å². The fourth-order valence-corrected chi connectivity index (χ4v) is 5.03. The molecule has 1 amide bonds. The van der Waals surface area contributed by atoms with Gasteiger partial charge in [-0.15, -0.1) is 0 Å². The number of carbonyl (C=O) groups is 1. The second kappa shape index (κ2) is 9.27. The molecule has 0 saturated carbocycles. The average molecular weight is 459 g/mol. The van der Waals surface area contributed by atoms with E-state index >= 15 is 0 Å². The van der Waals surface area contributed by atoms with Crippen molar-refractivity contribution in [3.05, 3.63) is 101 Å². The van der Waals surface area contributed by atoms with E-state index in [1.807, 2.05) is 72.3 Å². The number of amides is 1. The normalized spacial score (nSPS) is 12.2. The number of nitrogens with one attached hydrogen (secondary N) is 1. The van der Waals surface area contributed by atoms with E-state index in [4.69, 9.17) is 10.2 Å². The lowest BCUT2D eigenvalue weighted by atomic mass is 10.1. The maximum Gasteiger partial charge on any atom is 0.236 e. The van der Waals surface area contributed by atoms with Crippen LogP contribution >= 0.6 is 0 Å². The SMILES string of the molecule is Cn1c(C(NC(=O)CS(=O)(=O)Cc2ccc(C#N)cc2)c2ccccc2)nc2ccccc21. The van der Waals surface area contributed by atoms with E-state index in [0.29, 0.717) is 17.0 Å². The van der Waals surface area contributed by atoms with Gasteiger partial charge in [0, 0.05) is 7.05 Å². The first-order chi connectivity index (χ1) is 15.9. The Morgan fingerprint density at radius 2 is 1.70 bits per heavy atom. The predicted octanol–water partition coefficient (Wildman–Crippen LogP) is 3.27. The highest BCUT2D eigenvalue weighted by Crippen LogP contribution is 2.25. The van der Waals surface area contributed by atoms with Crippen LogP contribution in [0.2, 0.25) is 0 Å². The summed E-state index contributed by atoms with van der Waals surface area (Å²) in [4.78, 5) is 17.6. The van der Waals surface area contributed by atoms with Gasteiger partial charge in [-0.05, 0) is 35.4 Å². The number of nitriles is 1. The van der Waals surface area contributed by atoms with E-state index in [1.54, 1.807) is 24.3 Å². The molecule has 0 bridgehead atoms. The number of hydrogen-bond acceptors (Lipinski definition) is 5. The van der Waals surface area contributed by atoms with Gasteiger partial charge in [0.1, 0.15) is 17.6 Å². The Kier molecular flexibility index (Phi) is 6.24. The van der Waals surface area contributed by atoms with Crippen LogP contribution < -0.4 is 5.32 Å². The largest absolute Gasteiger partial charge is 0.341 e. The molecule has 0 radical (unpaired) electrons. The van der Waals surface area contributed by atoms with Gasteiger partial charge in [-0.1, -0.05) is 54.6 Å². The van der Waals surface area contributed by atoms with Gasteiger partial charge < -0.3 is 9.88 Å². The lowest BCUT2D eigenvalue weighted by Gasteiger charge is -2.19. The highest BCUT2D eigenvalue weighted by atomic mass is 32.2. The number of aromatic nitrogens is 2. The third-order valence-electron chi connectivity index (χ3n) is 5.34. The number of para-hydroxylation sites is 2. The number of carbonyl (C=O) groups excluding carboxylic acids is 1. The standard InChI is InChI=1S/C25H22N4O3S/c1-29-22-10-6-5-9-21(22)27-25(29)24(20-7-3-2-4-8-20)28-23(30)17-33(31,32)16-19-13-11-18(15-26)12-14-19/h2-14,24H,16-17H2,1H3,(H,28,30). The molecule has 1 heterocycles. The monoisotopic (exact) mass is 458 g/mol. The molecule has 166 valence electrons. The van der Waals surface area contributed by atoms with Crippen molar-refractivity contribution < 1.29 is 13.2 Å². The minimum Gasteiger partial charge on any atom is -0.341 e. The zero-order valence-corrected chi connectivity index (χ0v) is 18.8. The van der Waals surface area contributed by atoms with Crippen molar-refractivity contribution in [2.24, 2.45) is 7.05 Å². The first-order valence-electron chi connectivity index (χ1n) is 10.3. The Hall–Kier alpha value is -3.96. The topological polar surface area (TPSA) is 105 Å². The molecule has 0 fully saturated rings. The molecule has 7 nitrogen and oxygen atoms in total. The van der Waals surface area contributed by atoms with E-state index in [1.165, 1.54) is 0 Å². The molecule has 0 aliphatic carbocycles. The molecule has 0 aliphatic rings. The molecule has 1 aromatic heterocycles. The average Bonchev–Trinajstić information content (AvgIpc) is 3.14. The summed E-state index contributed by atoms with van der Waals surface area (Å²) in [5, 5.41) is 11.8. The molecule has 0 spiro atoms. The number of benzene rings is 3. The fourth-order valence-electron chi connectivity index (χ4n) is 3.75. The molecule has 33 heavy (non-hydrogen) atoms. The van der Waals surface area contributed by atoms with Gasteiger partial charge in [0.15, 0.2) is 9.84 Å². The molecule has 0 aliphatic heterocycles. The summed E-state index contributed by atoms with van der Waals surface area (Å²) in [6.07, 6.45) is 0. The Labute approximate surface area is 192 Å². The summed E-state index contributed by atoms with van der Waals surface area (Å²) in [7, 11) is -1.85. The van der Waals surface area contributed by atoms with Crippen molar-refractivity contribution in [1.82, 2.24) is 14.9 Å². The van der Waals surface area contributed by atoms with E-state index in [0.717, 1.165) is 16.6 Å². The molecule has 4 rings (SSSR count). The highest BCUT2D eigenvalue weighted by molar-refractivity contribution is 7.91. The van der Waals surface area contributed by atoms with Crippen molar-refractivity contribution in [2.45, 2.75) is 11.8 Å². The molecular formula is C25H22N4O3S. The molecule has 1 atom stereocenters. The Morgan fingerprint density at radius 3 is 2.36 bits per heavy atom. The van der Waals surface area contributed by atoms with E-state index in [-0.39, 0.29) is 5.75 Å². The van der Waals surface area contributed by atoms with Crippen LogP contribution in [-0.4, -0.2) is 29.6 Å². The first kappa shape index (κ1) is 22.2. The lowest BCUT2D eigenvalue weighted by molar-refractivity contribution is -0.119. The van der Waals surface area contributed by atoms with E-state index in [9.17, 15) is 13.2 Å². The minimum absolute atomic E-state index is 0.283. The number of rotatable bonds is 7. The summed E-state index contributed by atoms with van der Waals surface area (Å²) in [6, 6.07) is 24.6. The molecule has 1 N–H and O–H groups in total. The maximum absolute atomic E-state index is 12.9. The lowest BCUT2D eigenvalue weighted by Crippen LogP contribution is -2.35. The van der Waals surface area contributed by atoms with Crippen LogP contribution in [0, 0.1) is 11.3 Å². The maximum atomic E-state index is 12.9. The van der Waals surface area contributed by atoms with Gasteiger partial charge in [-0.25, -0.2) is 13.4 Å². The number of sulfone groups is 1. The molecular weight excluding hydrogens is 436 g/mol. The Balaban J connectivity index is 1.57. The van der Waals surface area contributed by atoms with Crippen molar-refractivity contribution in [2.75, 3.05) is 5.75 Å². The fraction of sp³-hybridized carbons (Fsp3) is 0.160. The minimum atomic E-state index is -3.72. The summed E-state index contributed by atoms with van der Waals surface area (Å²) in [5.41, 5.74) is 3.47. The van der Waals surface area contributed by atoms with Gasteiger partial charge in [0.25, 0.3) is 0 Å². The number of aryl methyl sites for hydroxylation is 1. The van der Waals surface area contributed by atoms with Crippen LogP contribution in [0.1, 0.15) is 28.6 Å². The van der Waals surface area contributed by atoms with Crippen LogP contribution in [0.3, 0.4) is 0 Å². The van der Waals surface area contributed by atoms with E-state index in [2.05, 4.69) is 5.32 Å². The Bertz CT molecular complexity index is 1440. The zero-order valence-electron chi connectivity index (χ0n) is 18.0. The number of fused-ring (bicyclic) bond motifs is 1. The van der Waals surface area contributed by atoms with Gasteiger partial charge in [-0.2, -0.15) is 5.26 Å². The third kappa shape index (κ3) is 5.10. The molecule has 8 heteroatoms. The first-order valence-corrected chi connectivity index (χ1v) is 12.1. The van der Waals surface area contributed by atoms with Gasteiger partial charge >= 0.3 is 0 Å². The molecule has 1 unspecified atom stereocenters. The van der Waals surface area contributed by atoms with E-state index < -0.39 is 27.5 Å². The second-order valence-corrected chi connectivity index (χ2v) is 9.83. The van der Waals surface area contributed by atoms with Gasteiger partial charge in [0.2, 0.25) is 5.91 Å². The Morgan fingerprint density at radius 1 is 1.03 bits per heavy atom. The molecule has 4 aromatic rings. The quantitative estimate of drug-likeness (QED) is 0.458. The zero-order chi connectivity index (χ0) is 23.4. The van der Waals surface area contributed by atoms with Crippen LogP contribution in [0.5, 0.6) is 0 Å². The number of nitrogens with zero attached hydrogens (tertiary/aromatic N) is 3. The van der Waals surface area contributed by atoms with Crippen molar-refractivity contribution in [3.63, 3.8) is 0 Å². The smallest absolute Gasteiger partial charge is 0.236 e. The predicted molar refractivity (Wildman–Crippen MR) is 126 cm³/mol. The molecule has 0 saturated heterocycles. The van der Waals surface area contributed by atoms with Gasteiger partial charge in [0.05, 0.1) is 28.4 Å². The summed E-state index contributed by atoms with van der Waals surface area (Å²) in [5.74, 6) is -0.931. The summed E-state index contributed by atoms with van der Waals surface area (Å²) in [6.45, 7) is 0. The van der Waals surface area contributed by atoms with Crippen LogP contribution in [0.25, 0.3) is 11.0 Å². The number of imidazole rings is 1. The second-order valence-electron chi connectivity index (χ2n) is 7.77. The third-order valence-corrected chi connectivity index (χ3v) is 6.81.